The molecule has 1 heterocycles. The molecule has 0 aromatic heterocycles. The number of ether oxygens (including phenoxy) is 1. The molecule has 2 N–H and O–H groups in total. The summed E-state index contributed by atoms with van der Waals surface area (Å²) in [6, 6.07) is 0. The summed E-state index contributed by atoms with van der Waals surface area (Å²) in [5.41, 5.74) is 0. The number of halogens is 1. The van der Waals surface area contributed by atoms with Gasteiger partial charge in [0, 0.05) is 53.0 Å². The minimum atomic E-state index is -2.80. The van der Waals surface area contributed by atoms with Crippen LogP contribution in [0.3, 0.4) is 0 Å². The van der Waals surface area contributed by atoms with Gasteiger partial charge in [0.25, 0.3) is 0 Å². The van der Waals surface area contributed by atoms with Gasteiger partial charge in [0.05, 0.1) is 11.5 Å². The summed E-state index contributed by atoms with van der Waals surface area (Å²) in [4.78, 5) is 6.35. The highest BCUT2D eigenvalue weighted by molar-refractivity contribution is 14.0. The van der Waals surface area contributed by atoms with E-state index in [9.17, 15) is 8.42 Å². The van der Waals surface area contributed by atoms with Gasteiger partial charge in [-0.1, -0.05) is 13.3 Å². The molecule has 0 bridgehead atoms. The second kappa shape index (κ2) is 14.1. The van der Waals surface area contributed by atoms with Crippen LogP contribution in [0.5, 0.6) is 0 Å². The average Bonchev–Trinajstić information content (AvgIpc) is 2.53. The van der Waals surface area contributed by atoms with Gasteiger partial charge in [-0.25, -0.2) is 8.42 Å². The highest BCUT2D eigenvalue weighted by atomic mass is 127. The normalized spacial score (nSPS) is 18.0. The lowest BCUT2D eigenvalue weighted by molar-refractivity contribution is 0.129. The molecule has 1 aliphatic rings. The number of nitrogens with zero attached hydrogens (tertiary/aromatic N) is 2. The van der Waals surface area contributed by atoms with E-state index in [2.05, 4.69) is 27.4 Å². The Morgan fingerprint density at radius 3 is 2.38 bits per heavy atom. The summed E-state index contributed by atoms with van der Waals surface area (Å²) in [6.07, 6.45) is 3.24. The minimum absolute atomic E-state index is 0. The molecular weight excluding hydrogens is 443 g/mol. The number of unbranched alkanes of at least 4 members (excludes halogenated alkanes) is 1. The van der Waals surface area contributed by atoms with Gasteiger partial charge in [-0.05, 0) is 12.8 Å². The van der Waals surface area contributed by atoms with Crippen LogP contribution < -0.4 is 10.6 Å². The fraction of sp³-hybridized carbons (Fsp3) is 0.933. The maximum atomic E-state index is 11.4. The van der Waals surface area contributed by atoms with Crippen molar-refractivity contribution in [2.24, 2.45) is 4.99 Å². The van der Waals surface area contributed by atoms with Crippen molar-refractivity contribution in [2.75, 3.05) is 64.5 Å². The Balaban J connectivity index is 0.00000529. The third kappa shape index (κ3) is 11.4. The van der Waals surface area contributed by atoms with Gasteiger partial charge < -0.3 is 15.4 Å². The Bertz CT molecular complexity index is 432. The zero-order chi connectivity index (χ0) is 17.0. The highest BCUT2D eigenvalue weighted by Crippen LogP contribution is 2.02. The molecule has 0 radical (unpaired) electrons. The van der Waals surface area contributed by atoms with E-state index >= 15 is 0 Å². The molecule has 144 valence electrons. The molecule has 7 nitrogen and oxygen atoms in total. The van der Waals surface area contributed by atoms with Crippen molar-refractivity contribution in [1.29, 1.82) is 0 Å². The van der Waals surface area contributed by atoms with Crippen molar-refractivity contribution in [3.63, 3.8) is 0 Å². The van der Waals surface area contributed by atoms with Crippen LogP contribution >= 0.6 is 24.0 Å². The van der Waals surface area contributed by atoms with Crippen LogP contribution in [0, 0.1) is 0 Å². The number of rotatable bonds is 10. The first kappa shape index (κ1) is 23.9. The Kier molecular flexibility index (Phi) is 14.0. The number of hydrogen-bond acceptors (Lipinski definition) is 5. The lowest BCUT2D eigenvalue weighted by atomic mass is 10.4. The monoisotopic (exact) mass is 476 g/mol. The quantitative estimate of drug-likeness (QED) is 0.209. The zero-order valence-electron chi connectivity index (χ0n) is 14.9. The Labute approximate surface area is 163 Å². The molecule has 9 heteroatoms. The largest absolute Gasteiger partial charge is 0.381 e. The molecule has 0 spiro atoms. The van der Waals surface area contributed by atoms with Crippen molar-refractivity contribution in [1.82, 2.24) is 15.5 Å². The predicted octanol–water partition coefficient (Wildman–Crippen LogP) is 0.707. The zero-order valence-corrected chi connectivity index (χ0v) is 18.1. The van der Waals surface area contributed by atoms with Crippen LogP contribution in [0.2, 0.25) is 0 Å². The molecule has 0 saturated carbocycles. The van der Waals surface area contributed by atoms with Gasteiger partial charge in [0.15, 0.2) is 15.8 Å². The molecule has 24 heavy (non-hydrogen) atoms. The summed E-state index contributed by atoms with van der Waals surface area (Å²) >= 11 is 0. The van der Waals surface area contributed by atoms with Crippen LogP contribution in [0.25, 0.3) is 0 Å². The van der Waals surface area contributed by atoms with Crippen molar-refractivity contribution >= 4 is 39.8 Å². The van der Waals surface area contributed by atoms with E-state index in [-0.39, 0.29) is 35.5 Å². The molecule has 0 aromatic carbocycles. The van der Waals surface area contributed by atoms with Crippen molar-refractivity contribution in [3.05, 3.63) is 0 Å². The smallest absolute Gasteiger partial charge is 0.191 e. The SMILES string of the molecule is CCCCOCCCNC(=NC)NCCN1CCS(=O)(=O)CC1.I. The van der Waals surface area contributed by atoms with Crippen molar-refractivity contribution in [2.45, 2.75) is 26.2 Å². The molecule has 0 aromatic rings. The molecule has 0 aliphatic carbocycles. The van der Waals surface area contributed by atoms with Gasteiger partial charge in [-0.3, -0.25) is 9.89 Å². The van der Waals surface area contributed by atoms with E-state index in [1.54, 1.807) is 7.05 Å². The van der Waals surface area contributed by atoms with E-state index in [1.165, 1.54) is 0 Å². The summed E-state index contributed by atoms with van der Waals surface area (Å²) < 4.78 is 28.3. The summed E-state index contributed by atoms with van der Waals surface area (Å²) in [5, 5.41) is 6.51. The van der Waals surface area contributed by atoms with Gasteiger partial charge >= 0.3 is 0 Å². The second-order valence-corrected chi connectivity index (χ2v) is 8.04. The lowest BCUT2D eigenvalue weighted by Gasteiger charge is -2.26. The average molecular weight is 476 g/mol. The van der Waals surface area contributed by atoms with E-state index in [0.29, 0.717) is 13.1 Å². The molecule has 1 aliphatic heterocycles. The van der Waals surface area contributed by atoms with E-state index in [1.807, 2.05) is 0 Å². The van der Waals surface area contributed by atoms with Gasteiger partial charge in [-0.15, -0.1) is 24.0 Å². The maximum Gasteiger partial charge on any atom is 0.191 e. The molecule has 1 rings (SSSR count). The second-order valence-electron chi connectivity index (χ2n) is 5.74. The van der Waals surface area contributed by atoms with Crippen LogP contribution in [-0.2, 0) is 14.6 Å². The Morgan fingerprint density at radius 1 is 1.12 bits per heavy atom. The number of sulfone groups is 1. The number of guanidine groups is 1. The summed E-state index contributed by atoms with van der Waals surface area (Å²) in [5.74, 6) is 1.33. The van der Waals surface area contributed by atoms with Crippen LogP contribution in [-0.4, -0.2) is 83.8 Å². The molecule has 0 amide bonds. The summed E-state index contributed by atoms with van der Waals surface area (Å²) in [7, 11) is -1.04. The molecule has 1 saturated heterocycles. The van der Waals surface area contributed by atoms with Crippen molar-refractivity contribution in [3.8, 4) is 0 Å². The lowest BCUT2D eigenvalue weighted by Crippen LogP contribution is -2.46. The molecule has 0 atom stereocenters. The third-order valence-corrected chi connectivity index (χ3v) is 5.39. The Hall–Kier alpha value is -0.130. The predicted molar refractivity (Wildman–Crippen MR) is 110 cm³/mol. The number of nitrogens with one attached hydrogen (secondary N) is 2. The number of hydrogen-bond donors (Lipinski definition) is 2. The first-order valence-corrected chi connectivity index (χ1v) is 10.3. The van der Waals surface area contributed by atoms with Gasteiger partial charge in [0.2, 0.25) is 0 Å². The van der Waals surface area contributed by atoms with Crippen LogP contribution in [0.15, 0.2) is 4.99 Å². The van der Waals surface area contributed by atoms with Crippen LogP contribution in [0.1, 0.15) is 26.2 Å². The first-order valence-electron chi connectivity index (χ1n) is 8.52. The fourth-order valence-electron chi connectivity index (χ4n) is 2.26. The first-order chi connectivity index (χ1) is 11.1. The Morgan fingerprint density at radius 2 is 1.75 bits per heavy atom. The maximum absolute atomic E-state index is 11.4. The standard InChI is InChI=1S/C15H32N4O3S.HI/c1-3-4-11-22-12-5-6-17-15(16-2)18-7-8-19-9-13-23(20,21)14-10-19;/h3-14H2,1-2H3,(H2,16,17,18);1H. The van der Waals surface area contributed by atoms with Crippen LogP contribution in [0.4, 0.5) is 0 Å². The topological polar surface area (TPSA) is 83.0 Å². The third-order valence-electron chi connectivity index (χ3n) is 3.78. The molecule has 0 unspecified atom stereocenters. The van der Waals surface area contributed by atoms with E-state index in [4.69, 9.17) is 4.74 Å². The van der Waals surface area contributed by atoms with Gasteiger partial charge in [-0.2, -0.15) is 0 Å². The van der Waals surface area contributed by atoms with E-state index in [0.717, 1.165) is 58.1 Å². The molecule has 1 fully saturated rings. The fourth-order valence-corrected chi connectivity index (χ4v) is 3.53. The highest BCUT2D eigenvalue weighted by Gasteiger charge is 2.20. The van der Waals surface area contributed by atoms with Gasteiger partial charge in [0.1, 0.15) is 0 Å². The molecular formula is C15H33IN4O3S. The van der Waals surface area contributed by atoms with E-state index < -0.39 is 9.84 Å². The summed E-state index contributed by atoms with van der Waals surface area (Å²) in [6.45, 7) is 7.44. The minimum Gasteiger partial charge on any atom is -0.381 e. The van der Waals surface area contributed by atoms with Crippen molar-refractivity contribution < 1.29 is 13.2 Å². The number of aliphatic imine (C=N–C) groups is 1.